The van der Waals surface area contributed by atoms with Gasteiger partial charge in [-0.1, -0.05) is 23.4 Å². The van der Waals surface area contributed by atoms with Gasteiger partial charge in [0.2, 0.25) is 5.90 Å². The van der Waals surface area contributed by atoms with Crippen LogP contribution in [0.5, 0.6) is 0 Å². The van der Waals surface area contributed by atoms with E-state index < -0.39 is 0 Å². The van der Waals surface area contributed by atoms with E-state index in [-0.39, 0.29) is 0 Å². The van der Waals surface area contributed by atoms with E-state index in [0.29, 0.717) is 6.61 Å². The second kappa shape index (κ2) is 9.59. The number of piperidine rings is 1. The summed E-state index contributed by atoms with van der Waals surface area (Å²) in [6.07, 6.45) is 12.8. The number of rotatable bonds is 8. The molecular formula is C25H37N3O2. The van der Waals surface area contributed by atoms with Crippen LogP contribution in [0.2, 0.25) is 0 Å². The Morgan fingerprint density at radius 2 is 1.90 bits per heavy atom. The molecule has 5 rings (SSSR count). The van der Waals surface area contributed by atoms with Crippen LogP contribution in [0.1, 0.15) is 63.4 Å². The Balaban J connectivity index is 1.04. The van der Waals surface area contributed by atoms with Gasteiger partial charge in [0.25, 0.3) is 0 Å². The van der Waals surface area contributed by atoms with Crippen molar-refractivity contribution in [3.8, 4) is 0 Å². The molecular weight excluding hydrogens is 374 g/mol. The van der Waals surface area contributed by atoms with Gasteiger partial charge >= 0.3 is 0 Å². The zero-order chi connectivity index (χ0) is 20.2. The van der Waals surface area contributed by atoms with Gasteiger partial charge in [-0.3, -0.25) is 4.90 Å². The molecule has 0 N–H and O–H groups in total. The zero-order valence-corrected chi connectivity index (χ0v) is 18.3. The van der Waals surface area contributed by atoms with Crippen molar-refractivity contribution < 1.29 is 9.57 Å². The van der Waals surface area contributed by atoms with Crippen molar-refractivity contribution in [2.45, 2.75) is 76.3 Å². The van der Waals surface area contributed by atoms with E-state index in [4.69, 9.17) is 9.57 Å². The lowest BCUT2D eigenvalue weighted by molar-refractivity contribution is 0.0961. The third kappa shape index (κ3) is 4.61. The predicted octanol–water partition coefficient (Wildman–Crippen LogP) is 4.60. The fraction of sp³-hybridized carbons (Fsp3) is 0.720. The molecule has 0 aliphatic carbocycles. The number of aryl methyl sites for hydroxylation is 1. The molecule has 2 unspecified atom stereocenters. The monoisotopic (exact) mass is 411 g/mol. The maximum absolute atomic E-state index is 5.73. The van der Waals surface area contributed by atoms with Crippen LogP contribution in [0.3, 0.4) is 0 Å². The smallest absolute Gasteiger partial charge is 0.229 e. The molecule has 4 heterocycles. The van der Waals surface area contributed by atoms with E-state index >= 15 is 0 Å². The molecule has 0 aromatic heterocycles. The highest BCUT2D eigenvalue weighted by Gasteiger charge is 2.39. The van der Waals surface area contributed by atoms with Gasteiger partial charge in [-0.15, -0.1) is 0 Å². The van der Waals surface area contributed by atoms with Gasteiger partial charge in [0.1, 0.15) is 6.61 Å². The van der Waals surface area contributed by atoms with Crippen molar-refractivity contribution in [3.63, 3.8) is 0 Å². The number of nitrogens with zero attached hydrogens (tertiary/aromatic N) is 3. The van der Waals surface area contributed by atoms with E-state index in [1.807, 2.05) is 0 Å². The van der Waals surface area contributed by atoms with Crippen molar-refractivity contribution >= 4 is 11.6 Å². The minimum Gasteiger partial charge on any atom is -0.479 e. The number of hydrogen-bond acceptors (Lipinski definition) is 5. The summed E-state index contributed by atoms with van der Waals surface area (Å²) in [4.78, 5) is 10.5. The van der Waals surface area contributed by atoms with Crippen LogP contribution < -0.4 is 4.90 Å². The second-order valence-electron chi connectivity index (χ2n) is 9.59. The van der Waals surface area contributed by atoms with E-state index in [1.165, 1.54) is 76.7 Å². The number of hydrogen-bond donors (Lipinski definition) is 0. The molecule has 0 saturated carbocycles. The van der Waals surface area contributed by atoms with Gasteiger partial charge in [-0.05, 0) is 75.3 Å². The molecule has 5 nitrogen and oxygen atoms in total. The highest BCUT2D eigenvalue weighted by molar-refractivity contribution is 5.76. The number of oxime groups is 1. The number of anilines is 1. The van der Waals surface area contributed by atoms with Gasteiger partial charge in [0.05, 0.1) is 13.0 Å². The maximum atomic E-state index is 5.73. The third-order valence-electron chi connectivity index (χ3n) is 7.63. The van der Waals surface area contributed by atoms with Gasteiger partial charge in [0.15, 0.2) is 0 Å². The van der Waals surface area contributed by atoms with Crippen LogP contribution in [0.4, 0.5) is 5.69 Å². The molecule has 0 amide bonds. The highest BCUT2D eigenvalue weighted by Crippen LogP contribution is 2.40. The first-order valence-electron chi connectivity index (χ1n) is 12.3. The summed E-state index contributed by atoms with van der Waals surface area (Å²) < 4.78 is 5.73. The summed E-state index contributed by atoms with van der Waals surface area (Å²) >= 11 is 0. The predicted molar refractivity (Wildman–Crippen MR) is 121 cm³/mol. The fourth-order valence-corrected chi connectivity index (χ4v) is 6.23. The van der Waals surface area contributed by atoms with E-state index in [2.05, 4.69) is 39.2 Å². The molecule has 0 spiro atoms. The van der Waals surface area contributed by atoms with Crippen LogP contribution in [-0.4, -0.2) is 55.7 Å². The van der Waals surface area contributed by atoms with Gasteiger partial charge < -0.3 is 14.5 Å². The minimum atomic E-state index is 0.682. The van der Waals surface area contributed by atoms with Crippen molar-refractivity contribution in [2.24, 2.45) is 11.1 Å². The quantitative estimate of drug-likeness (QED) is 0.586. The maximum Gasteiger partial charge on any atom is 0.229 e. The van der Waals surface area contributed by atoms with Crippen LogP contribution in [0.15, 0.2) is 29.4 Å². The molecule has 2 bridgehead atoms. The van der Waals surface area contributed by atoms with Crippen molar-refractivity contribution in [2.75, 3.05) is 37.7 Å². The first-order chi connectivity index (χ1) is 14.9. The Morgan fingerprint density at radius 1 is 1.03 bits per heavy atom. The Labute approximate surface area is 181 Å². The molecule has 4 aliphatic rings. The third-order valence-corrected chi connectivity index (χ3v) is 7.63. The van der Waals surface area contributed by atoms with Crippen molar-refractivity contribution in [3.05, 3.63) is 29.8 Å². The molecule has 164 valence electrons. The molecule has 5 heteroatoms. The fourth-order valence-electron chi connectivity index (χ4n) is 6.23. The lowest BCUT2D eigenvalue weighted by atomic mass is 9.87. The topological polar surface area (TPSA) is 37.3 Å². The number of benzene rings is 1. The standard InChI is InChI=1S/C25H37N3O2/c1-2-9-24-21(7-1)8-3-13-27(24)14-5-15-28-22-10-11-23(28)19-20(18-22)6-4-16-29-25-12-17-30-26-25/h1-2,7,9,20,22-23H,3-6,8,10-19H2. The first-order valence-corrected chi connectivity index (χ1v) is 12.3. The molecule has 1 aromatic rings. The van der Waals surface area contributed by atoms with E-state index in [9.17, 15) is 0 Å². The van der Waals surface area contributed by atoms with Crippen LogP contribution >= 0.6 is 0 Å². The Kier molecular flexibility index (Phi) is 6.45. The Bertz CT molecular complexity index is 723. The SMILES string of the molecule is c1ccc2c(c1)CCCN2CCCN1C2CCC1CC(CCCOC1=NOCC1)C2. The van der Waals surface area contributed by atoms with Crippen LogP contribution in [0, 0.1) is 5.92 Å². The average molecular weight is 412 g/mol. The summed E-state index contributed by atoms with van der Waals surface area (Å²) in [5, 5.41) is 3.92. The number of ether oxygens (including phenoxy) is 1. The summed E-state index contributed by atoms with van der Waals surface area (Å²) in [7, 11) is 0. The molecule has 1 aromatic carbocycles. The zero-order valence-electron chi connectivity index (χ0n) is 18.3. The summed E-state index contributed by atoms with van der Waals surface area (Å²) in [6, 6.07) is 10.7. The Morgan fingerprint density at radius 3 is 2.73 bits per heavy atom. The number of fused-ring (bicyclic) bond motifs is 3. The highest BCUT2D eigenvalue weighted by atomic mass is 16.7. The van der Waals surface area contributed by atoms with Crippen LogP contribution in [-0.2, 0) is 16.0 Å². The van der Waals surface area contributed by atoms with Crippen LogP contribution in [0.25, 0.3) is 0 Å². The van der Waals surface area contributed by atoms with Crippen molar-refractivity contribution in [1.29, 1.82) is 0 Å². The molecule has 2 fully saturated rings. The summed E-state index contributed by atoms with van der Waals surface area (Å²) in [5.41, 5.74) is 3.03. The van der Waals surface area contributed by atoms with Gasteiger partial charge in [-0.25, -0.2) is 0 Å². The molecule has 0 radical (unpaired) electrons. The molecule has 4 aliphatic heterocycles. The largest absolute Gasteiger partial charge is 0.479 e. The lowest BCUT2D eigenvalue weighted by Gasteiger charge is -2.40. The van der Waals surface area contributed by atoms with E-state index in [1.54, 1.807) is 5.56 Å². The summed E-state index contributed by atoms with van der Waals surface area (Å²) in [6.45, 7) is 5.20. The van der Waals surface area contributed by atoms with Gasteiger partial charge in [0, 0.05) is 37.4 Å². The molecule has 30 heavy (non-hydrogen) atoms. The summed E-state index contributed by atoms with van der Waals surface area (Å²) in [5.74, 6) is 1.68. The van der Waals surface area contributed by atoms with Crippen molar-refractivity contribution in [1.82, 2.24) is 4.90 Å². The number of para-hydroxylation sites is 1. The Hall–Kier alpha value is -1.75. The normalized spacial score (nSPS) is 28.2. The van der Waals surface area contributed by atoms with E-state index in [0.717, 1.165) is 43.3 Å². The van der Waals surface area contributed by atoms with Gasteiger partial charge in [-0.2, -0.15) is 0 Å². The molecule has 2 saturated heterocycles. The molecule has 2 atom stereocenters. The lowest BCUT2D eigenvalue weighted by Crippen LogP contribution is -2.44. The first kappa shape index (κ1) is 20.2. The average Bonchev–Trinajstić information content (AvgIpc) is 3.37. The second-order valence-corrected chi connectivity index (χ2v) is 9.59. The minimum absolute atomic E-state index is 0.682.